The zero-order chi connectivity index (χ0) is 28.0. The second-order valence-electron chi connectivity index (χ2n) is 9.65. The Kier molecular flexibility index (Phi) is 11.8. The molecule has 3 rings (SSSR count). The molecule has 1 unspecified atom stereocenters. The molecule has 1 heterocycles. The molecule has 39 heavy (non-hydrogen) atoms. The fourth-order valence-electron chi connectivity index (χ4n) is 4.68. The molecule has 3 atom stereocenters. The summed E-state index contributed by atoms with van der Waals surface area (Å²) in [6.07, 6.45) is 2.56. The molecule has 0 spiro atoms. The number of nitrogens with zero attached hydrogens (tertiary/aromatic N) is 1. The molecule has 2 amide bonds. The van der Waals surface area contributed by atoms with Crippen molar-refractivity contribution in [2.24, 2.45) is 0 Å². The minimum atomic E-state index is -1.07. The molecule has 1 fully saturated rings. The molecule has 10 nitrogen and oxygen atoms in total. The molecule has 0 aromatic heterocycles. The number of unbranched alkanes of at least 4 members (excludes halogenated alkanes) is 1. The minimum absolute atomic E-state index is 0.160. The number of hydrogen-bond acceptors (Lipinski definition) is 6. The highest BCUT2D eigenvalue weighted by Crippen LogP contribution is 2.20. The van der Waals surface area contributed by atoms with Crippen LogP contribution in [0.3, 0.4) is 0 Å². The standard InChI is InChI=1S/C29H37N3O7/c33-26(32-19-9-15-25(32)28(36)37)23(31-24(27(34)35)17-16-21-10-3-1-4-11-21)14-7-8-18-30-29(38)39-20-22-12-5-2-6-13-22/h1-6,10-13,23-25,31H,7-9,14-20H2,(H,30,38)(H,34,35)(H,36,37)/t23-,24?,25-/m0/s1. The van der Waals surface area contributed by atoms with Crippen molar-refractivity contribution >= 4 is 23.9 Å². The summed E-state index contributed by atoms with van der Waals surface area (Å²) in [5.74, 6) is -2.53. The fourth-order valence-corrected chi connectivity index (χ4v) is 4.68. The summed E-state index contributed by atoms with van der Waals surface area (Å²) < 4.78 is 5.19. The number of carboxylic acids is 2. The van der Waals surface area contributed by atoms with Crippen molar-refractivity contribution in [2.45, 2.75) is 69.7 Å². The molecular formula is C29H37N3O7. The fraction of sp³-hybridized carbons (Fsp3) is 0.448. The van der Waals surface area contributed by atoms with Crippen molar-refractivity contribution in [2.75, 3.05) is 13.1 Å². The van der Waals surface area contributed by atoms with Gasteiger partial charge in [-0.15, -0.1) is 0 Å². The first-order valence-corrected chi connectivity index (χ1v) is 13.4. The van der Waals surface area contributed by atoms with E-state index >= 15 is 0 Å². The van der Waals surface area contributed by atoms with Gasteiger partial charge in [-0.3, -0.25) is 14.9 Å². The molecule has 0 bridgehead atoms. The van der Waals surface area contributed by atoms with Crippen LogP contribution in [0.15, 0.2) is 60.7 Å². The van der Waals surface area contributed by atoms with Crippen molar-refractivity contribution < 1.29 is 34.1 Å². The van der Waals surface area contributed by atoms with Gasteiger partial charge in [-0.05, 0) is 56.1 Å². The summed E-state index contributed by atoms with van der Waals surface area (Å²) in [7, 11) is 0. The molecule has 0 aliphatic carbocycles. The van der Waals surface area contributed by atoms with Crippen LogP contribution in [0.5, 0.6) is 0 Å². The van der Waals surface area contributed by atoms with E-state index in [2.05, 4.69) is 10.6 Å². The Labute approximate surface area is 228 Å². The smallest absolute Gasteiger partial charge is 0.407 e. The molecule has 0 radical (unpaired) electrons. The van der Waals surface area contributed by atoms with Gasteiger partial charge in [0, 0.05) is 13.1 Å². The van der Waals surface area contributed by atoms with E-state index in [4.69, 9.17) is 4.74 Å². The lowest BCUT2D eigenvalue weighted by atomic mass is 10.0. The van der Waals surface area contributed by atoms with Crippen molar-refractivity contribution in [3.63, 3.8) is 0 Å². The molecule has 2 aromatic rings. The van der Waals surface area contributed by atoms with E-state index in [1.807, 2.05) is 60.7 Å². The summed E-state index contributed by atoms with van der Waals surface area (Å²) >= 11 is 0. The zero-order valence-corrected chi connectivity index (χ0v) is 22.0. The number of carbonyl (C=O) groups is 4. The largest absolute Gasteiger partial charge is 0.480 e. The number of aryl methyl sites for hydroxylation is 1. The predicted octanol–water partition coefficient (Wildman–Crippen LogP) is 3.20. The van der Waals surface area contributed by atoms with Crippen LogP contribution < -0.4 is 10.6 Å². The maximum Gasteiger partial charge on any atom is 0.407 e. The topological polar surface area (TPSA) is 145 Å². The molecule has 1 saturated heterocycles. The average molecular weight is 540 g/mol. The first kappa shape index (κ1) is 29.6. The van der Waals surface area contributed by atoms with Gasteiger partial charge < -0.3 is 25.2 Å². The van der Waals surface area contributed by atoms with Crippen molar-refractivity contribution in [3.8, 4) is 0 Å². The predicted molar refractivity (Wildman–Crippen MR) is 144 cm³/mol. The molecule has 4 N–H and O–H groups in total. The van der Waals surface area contributed by atoms with Crippen LogP contribution in [0, 0.1) is 0 Å². The van der Waals surface area contributed by atoms with Gasteiger partial charge in [0.05, 0.1) is 6.04 Å². The molecule has 1 aliphatic rings. The van der Waals surface area contributed by atoms with E-state index in [0.29, 0.717) is 51.6 Å². The van der Waals surface area contributed by atoms with E-state index < -0.39 is 42.1 Å². The average Bonchev–Trinajstić information content (AvgIpc) is 3.44. The Balaban J connectivity index is 1.54. The third-order valence-corrected chi connectivity index (χ3v) is 6.79. The van der Waals surface area contributed by atoms with Crippen LogP contribution >= 0.6 is 0 Å². The third-order valence-electron chi connectivity index (χ3n) is 6.79. The number of ether oxygens (including phenoxy) is 1. The summed E-state index contributed by atoms with van der Waals surface area (Å²) in [5, 5.41) is 25.1. The quantitative estimate of drug-likeness (QED) is 0.253. The Bertz CT molecular complexity index is 1080. The molecule has 210 valence electrons. The number of benzene rings is 2. The lowest BCUT2D eigenvalue weighted by molar-refractivity contribution is -0.149. The molecule has 0 saturated carbocycles. The monoisotopic (exact) mass is 539 g/mol. The van der Waals surface area contributed by atoms with E-state index in [-0.39, 0.29) is 13.0 Å². The number of rotatable bonds is 15. The van der Waals surface area contributed by atoms with E-state index in [9.17, 15) is 29.4 Å². The highest BCUT2D eigenvalue weighted by atomic mass is 16.5. The van der Waals surface area contributed by atoms with Crippen LogP contribution in [0.25, 0.3) is 0 Å². The maximum absolute atomic E-state index is 13.4. The van der Waals surface area contributed by atoms with Crippen LogP contribution in [0.1, 0.15) is 49.7 Å². The molecular weight excluding hydrogens is 502 g/mol. The van der Waals surface area contributed by atoms with Gasteiger partial charge in [0.25, 0.3) is 0 Å². The van der Waals surface area contributed by atoms with E-state index in [1.165, 1.54) is 4.90 Å². The van der Waals surface area contributed by atoms with Crippen LogP contribution in [0.4, 0.5) is 4.79 Å². The number of hydrogen-bond donors (Lipinski definition) is 4. The Morgan fingerprint density at radius 1 is 0.897 bits per heavy atom. The Hall–Kier alpha value is -3.92. The normalized spacial score (nSPS) is 16.3. The number of nitrogens with one attached hydrogen (secondary N) is 2. The van der Waals surface area contributed by atoms with Crippen LogP contribution in [-0.2, 0) is 32.1 Å². The van der Waals surface area contributed by atoms with Gasteiger partial charge in [0.15, 0.2) is 0 Å². The highest BCUT2D eigenvalue weighted by molar-refractivity contribution is 5.88. The van der Waals surface area contributed by atoms with Crippen molar-refractivity contribution in [1.82, 2.24) is 15.5 Å². The number of carbonyl (C=O) groups excluding carboxylic acids is 2. The van der Waals surface area contributed by atoms with Crippen molar-refractivity contribution in [1.29, 1.82) is 0 Å². The van der Waals surface area contributed by atoms with Crippen LogP contribution in [0.2, 0.25) is 0 Å². The lowest BCUT2D eigenvalue weighted by Crippen LogP contribution is -2.54. The molecule has 10 heteroatoms. The van der Waals surface area contributed by atoms with E-state index in [1.54, 1.807) is 0 Å². The number of carboxylic acid groups (broad SMARTS) is 2. The van der Waals surface area contributed by atoms with Gasteiger partial charge in [0.1, 0.15) is 18.7 Å². The molecule has 2 aromatic carbocycles. The number of aliphatic carboxylic acids is 2. The van der Waals surface area contributed by atoms with Gasteiger partial charge in [0.2, 0.25) is 5.91 Å². The maximum atomic E-state index is 13.4. The first-order valence-electron chi connectivity index (χ1n) is 13.4. The first-order chi connectivity index (χ1) is 18.8. The number of likely N-dealkylation sites (tertiary alicyclic amines) is 1. The van der Waals surface area contributed by atoms with E-state index in [0.717, 1.165) is 11.1 Å². The van der Waals surface area contributed by atoms with Gasteiger partial charge >= 0.3 is 18.0 Å². The third kappa shape index (κ3) is 9.72. The van der Waals surface area contributed by atoms with Gasteiger partial charge in [-0.25, -0.2) is 9.59 Å². The number of amides is 2. The zero-order valence-electron chi connectivity index (χ0n) is 22.0. The second-order valence-corrected chi connectivity index (χ2v) is 9.65. The summed E-state index contributed by atoms with van der Waals surface area (Å²) in [6.45, 7) is 0.810. The summed E-state index contributed by atoms with van der Waals surface area (Å²) in [4.78, 5) is 50.4. The van der Waals surface area contributed by atoms with Crippen molar-refractivity contribution in [3.05, 3.63) is 71.8 Å². The number of alkyl carbamates (subject to hydrolysis) is 1. The highest BCUT2D eigenvalue weighted by Gasteiger charge is 2.38. The van der Waals surface area contributed by atoms with Gasteiger partial charge in [-0.2, -0.15) is 0 Å². The summed E-state index contributed by atoms with van der Waals surface area (Å²) in [5.41, 5.74) is 1.87. The second kappa shape index (κ2) is 15.5. The Morgan fingerprint density at radius 3 is 2.21 bits per heavy atom. The summed E-state index contributed by atoms with van der Waals surface area (Å²) in [6, 6.07) is 16.1. The van der Waals surface area contributed by atoms with Gasteiger partial charge in [-0.1, -0.05) is 60.7 Å². The lowest BCUT2D eigenvalue weighted by Gasteiger charge is -2.29. The SMILES string of the molecule is O=C(NCCCC[C@H](NC(CCc1ccccc1)C(=O)O)C(=O)N1CCC[C@H]1C(=O)O)OCc1ccccc1. The minimum Gasteiger partial charge on any atom is -0.480 e. The van der Waals surface area contributed by atoms with Crippen LogP contribution in [-0.4, -0.2) is 70.3 Å². The molecule has 1 aliphatic heterocycles. The Morgan fingerprint density at radius 2 is 1.56 bits per heavy atom.